The molecule has 0 atom stereocenters. The Bertz CT molecular complexity index is 571. The second-order valence-corrected chi connectivity index (χ2v) is 6.43. The molecule has 1 amide bonds. The number of nitrogens with one attached hydrogen (secondary N) is 2. The summed E-state index contributed by atoms with van der Waals surface area (Å²) in [6.45, 7) is 4.32. The zero-order chi connectivity index (χ0) is 14.5. The van der Waals surface area contributed by atoms with Gasteiger partial charge in [0.25, 0.3) is 5.91 Å². The van der Waals surface area contributed by atoms with Crippen molar-refractivity contribution < 1.29 is 9.69 Å². The summed E-state index contributed by atoms with van der Waals surface area (Å²) in [5.74, 6) is 0.00170. The van der Waals surface area contributed by atoms with Crippen LogP contribution in [0, 0.1) is 0 Å². The molecule has 1 fully saturated rings. The average molecular weight is 301 g/mol. The first-order chi connectivity index (χ1) is 10.3. The molecule has 2 heterocycles. The predicted octanol–water partition coefficient (Wildman–Crippen LogP) is 1.86. The smallest absolute Gasteiger partial charge is 0.252 e. The van der Waals surface area contributed by atoms with E-state index < -0.39 is 0 Å². The highest BCUT2D eigenvalue weighted by Crippen LogP contribution is 2.07. The van der Waals surface area contributed by atoms with Gasteiger partial charge in [0.1, 0.15) is 6.54 Å². The summed E-state index contributed by atoms with van der Waals surface area (Å²) in [6.07, 6.45) is 2.73. The molecule has 0 radical (unpaired) electrons. The Balaban J connectivity index is 1.51. The first-order valence-corrected chi connectivity index (χ1v) is 8.47. The highest BCUT2D eigenvalue weighted by Gasteiger charge is 2.15. The standard InChI is InChI=1S/C17H20N2OS/c20-17(16-7-10-21-13-16)18-11-14-3-5-15(6-4-14)12-19-8-1-2-9-19/h3-7,10,13H,1-2,8-9,11-12H2,(H,18,20)/p+1. The van der Waals surface area contributed by atoms with Gasteiger partial charge < -0.3 is 10.2 Å². The van der Waals surface area contributed by atoms with Crippen molar-refractivity contribution in [3.8, 4) is 0 Å². The summed E-state index contributed by atoms with van der Waals surface area (Å²) < 4.78 is 0. The quantitative estimate of drug-likeness (QED) is 0.868. The molecule has 4 heteroatoms. The lowest BCUT2D eigenvalue weighted by molar-refractivity contribution is -0.901. The number of carbonyl (C=O) groups excluding carboxylic acids is 1. The third-order valence-electron chi connectivity index (χ3n) is 4.02. The number of rotatable bonds is 5. The van der Waals surface area contributed by atoms with Crippen LogP contribution in [0.15, 0.2) is 41.1 Å². The van der Waals surface area contributed by atoms with Crippen molar-refractivity contribution in [1.29, 1.82) is 0 Å². The molecule has 1 aromatic carbocycles. The van der Waals surface area contributed by atoms with Gasteiger partial charge in [-0.2, -0.15) is 11.3 Å². The highest BCUT2D eigenvalue weighted by molar-refractivity contribution is 7.08. The fourth-order valence-electron chi connectivity index (χ4n) is 2.79. The fourth-order valence-corrected chi connectivity index (χ4v) is 3.43. The zero-order valence-electron chi connectivity index (χ0n) is 12.1. The largest absolute Gasteiger partial charge is 0.348 e. The van der Waals surface area contributed by atoms with Crippen molar-refractivity contribution in [3.05, 3.63) is 57.8 Å². The number of quaternary nitrogens is 1. The Labute approximate surface area is 129 Å². The Hall–Kier alpha value is -1.65. The van der Waals surface area contributed by atoms with E-state index in [0.717, 1.165) is 17.7 Å². The molecule has 0 bridgehead atoms. The number of amides is 1. The lowest BCUT2D eigenvalue weighted by atomic mass is 10.1. The van der Waals surface area contributed by atoms with Gasteiger partial charge in [-0.1, -0.05) is 24.3 Å². The van der Waals surface area contributed by atoms with Crippen molar-refractivity contribution in [3.63, 3.8) is 0 Å². The monoisotopic (exact) mass is 301 g/mol. The summed E-state index contributed by atoms with van der Waals surface area (Å²) in [7, 11) is 0. The van der Waals surface area contributed by atoms with Crippen molar-refractivity contribution in [2.24, 2.45) is 0 Å². The van der Waals surface area contributed by atoms with Crippen molar-refractivity contribution in [2.75, 3.05) is 13.1 Å². The Morgan fingerprint density at radius 2 is 1.81 bits per heavy atom. The molecule has 1 aliphatic heterocycles. The molecule has 21 heavy (non-hydrogen) atoms. The van der Waals surface area contributed by atoms with Crippen LogP contribution in [-0.2, 0) is 13.1 Å². The highest BCUT2D eigenvalue weighted by atomic mass is 32.1. The van der Waals surface area contributed by atoms with Gasteiger partial charge in [0.05, 0.1) is 13.1 Å². The van der Waals surface area contributed by atoms with Crippen molar-refractivity contribution in [2.45, 2.75) is 25.9 Å². The van der Waals surface area contributed by atoms with E-state index >= 15 is 0 Å². The molecule has 2 N–H and O–H groups in total. The second kappa shape index (κ2) is 6.87. The maximum absolute atomic E-state index is 11.9. The molecule has 0 spiro atoms. The predicted molar refractivity (Wildman–Crippen MR) is 85.6 cm³/mol. The number of carbonyl (C=O) groups is 1. The van der Waals surface area contributed by atoms with Gasteiger partial charge in [0.2, 0.25) is 0 Å². The zero-order valence-corrected chi connectivity index (χ0v) is 12.9. The minimum Gasteiger partial charge on any atom is -0.348 e. The number of thiophene rings is 1. The first kappa shape index (κ1) is 14.3. The van der Waals surface area contributed by atoms with Gasteiger partial charge in [-0.15, -0.1) is 0 Å². The van der Waals surface area contributed by atoms with E-state index in [1.165, 1.54) is 31.5 Å². The third kappa shape index (κ3) is 3.93. The third-order valence-corrected chi connectivity index (χ3v) is 4.71. The van der Waals surface area contributed by atoms with Crippen LogP contribution in [0.25, 0.3) is 0 Å². The van der Waals surface area contributed by atoms with E-state index in [1.54, 1.807) is 16.2 Å². The van der Waals surface area contributed by atoms with E-state index in [2.05, 4.69) is 29.6 Å². The minimum absolute atomic E-state index is 0.00170. The molecule has 0 aliphatic carbocycles. The molecular formula is C17H21N2OS+. The summed E-state index contributed by atoms with van der Waals surface area (Å²) in [5.41, 5.74) is 3.29. The number of hydrogen-bond donors (Lipinski definition) is 2. The van der Waals surface area contributed by atoms with Crippen LogP contribution in [0.5, 0.6) is 0 Å². The molecule has 3 nitrogen and oxygen atoms in total. The molecule has 2 aromatic rings. The Morgan fingerprint density at radius 1 is 1.10 bits per heavy atom. The van der Waals surface area contributed by atoms with E-state index in [4.69, 9.17) is 0 Å². The lowest BCUT2D eigenvalue weighted by Crippen LogP contribution is -3.08. The van der Waals surface area contributed by atoms with E-state index in [0.29, 0.717) is 6.54 Å². The van der Waals surface area contributed by atoms with Crippen molar-refractivity contribution >= 4 is 17.2 Å². The maximum Gasteiger partial charge on any atom is 0.252 e. The van der Waals surface area contributed by atoms with Crippen LogP contribution in [0.2, 0.25) is 0 Å². The SMILES string of the molecule is O=C(NCc1ccc(C[NH+]2CCCC2)cc1)c1ccsc1. The molecule has 1 saturated heterocycles. The van der Waals surface area contributed by atoms with Crippen LogP contribution in [-0.4, -0.2) is 19.0 Å². The van der Waals surface area contributed by atoms with E-state index in [1.807, 2.05) is 16.8 Å². The molecule has 1 aliphatic rings. The molecule has 110 valence electrons. The summed E-state index contributed by atoms with van der Waals surface area (Å²) in [5, 5.41) is 6.75. The molecule has 1 aromatic heterocycles. The van der Waals surface area contributed by atoms with Gasteiger partial charge in [-0.25, -0.2) is 0 Å². The van der Waals surface area contributed by atoms with Crippen LogP contribution in [0.1, 0.15) is 34.3 Å². The molecule has 0 saturated carbocycles. The summed E-state index contributed by atoms with van der Waals surface area (Å²) in [4.78, 5) is 13.6. The van der Waals surface area contributed by atoms with Crippen molar-refractivity contribution in [1.82, 2.24) is 5.32 Å². The maximum atomic E-state index is 11.9. The van der Waals surface area contributed by atoms with Crippen LogP contribution in [0.3, 0.4) is 0 Å². The van der Waals surface area contributed by atoms with E-state index in [9.17, 15) is 4.79 Å². The van der Waals surface area contributed by atoms with Gasteiger partial charge >= 0.3 is 0 Å². The Morgan fingerprint density at radius 3 is 2.48 bits per heavy atom. The lowest BCUT2D eigenvalue weighted by Gasteiger charge is -2.12. The topological polar surface area (TPSA) is 33.5 Å². The molecule has 0 unspecified atom stereocenters. The second-order valence-electron chi connectivity index (χ2n) is 5.65. The van der Waals surface area contributed by atoms with Crippen LogP contribution >= 0.6 is 11.3 Å². The molecule has 3 rings (SSSR count). The van der Waals surface area contributed by atoms with Crippen LogP contribution in [0.4, 0.5) is 0 Å². The van der Waals surface area contributed by atoms with Gasteiger partial charge in [-0.3, -0.25) is 4.79 Å². The first-order valence-electron chi connectivity index (χ1n) is 7.53. The summed E-state index contributed by atoms with van der Waals surface area (Å²) >= 11 is 1.54. The van der Waals surface area contributed by atoms with Crippen LogP contribution < -0.4 is 10.2 Å². The number of benzene rings is 1. The summed E-state index contributed by atoms with van der Waals surface area (Å²) in [6, 6.07) is 10.5. The van der Waals surface area contributed by atoms with Gasteiger partial charge in [-0.05, 0) is 17.0 Å². The van der Waals surface area contributed by atoms with Gasteiger partial charge in [0, 0.05) is 35.9 Å². The number of hydrogen-bond acceptors (Lipinski definition) is 2. The van der Waals surface area contributed by atoms with E-state index in [-0.39, 0.29) is 5.91 Å². The number of likely N-dealkylation sites (tertiary alicyclic amines) is 1. The normalized spacial score (nSPS) is 15.2. The fraction of sp³-hybridized carbons (Fsp3) is 0.353. The average Bonchev–Trinajstić information content (AvgIpc) is 3.19. The Kier molecular flexibility index (Phi) is 4.68. The minimum atomic E-state index is 0.00170. The van der Waals surface area contributed by atoms with Gasteiger partial charge in [0.15, 0.2) is 0 Å². The molecular weight excluding hydrogens is 280 g/mol.